The lowest BCUT2D eigenvalue weighted by Gasteiger charge is -2.29. The lowest BCUT2D eigenvalue weighted by Crippen LogP contribution is -2.39. The average molecular weight is 245 g/mol. The molecule has 0 spiro atoms. The third-order valence-electron chi connectivity index (χ3n) is 4.30. The molecule has 0 aliphatic heterocycles. The van der Waals surface area contributed by atoms with Crippen LogP contribution in [0.25, 0.3) is 0 Å². The Kier molecular flexibility index (Phi) is 4.82. The van der Waals surface area contributed by atoms with Gasteiger partial charge in [0.05, 0.1) is 0 Å². The van der Waals surface area contributed by atoms with Crippen molar-refractivity contribution in [3.63, 3.8) is 0 Å². The molecular formula is C17H27N. The molecule has 1 N–H and O–H groups in total. The quantitative estimate of drug-likeness (QED) is 0.771. The van der Waals surface area contributed by atoms with E-state index in [1.807, 2.05) is 0 Å². The molecule has 1 aromatic rings. The number of rotatable bonds is 4. The molecule has 2 rings (SSSR count). The first-order valence-corrected chi connectivity index (χ1v) is 7.49. The highest BCUT2D eigenvalue weighted by atomic mass is 15.0. The Morgan fingerprint density at radius 1 is 1.00 bits per heavy atom. The number of nitrogens with one attached hydrogen (secondary N) is 1. The Labute approximate surface area is 112 Å². The van der Waals surface area contributed by atoms with E-state index in [1.54, 1.807) is 0 Å². The predicted molar refractivity (Wildman–Crippen MR) is 78.7 cm³/mol. The van der Waals surface area contributed by atoms with Gasteiger partial charge in [0.15, 0.2) is 0 Å². The smallest absolute Gasteiger partial charge is 0.0377 e. The summed E-state index contributed by atoms with van der Waals surface area (Å²) in [6, 6.07) is 10.8. The van der Waals surface area contributed by atoms with Crippen LogP contribution in [0.1, 0.15) is 57.9 Å². The molecule has 1 aromatic carbocycles. The second kappa shape index (κ2) is 6.38. The summed E-state index contributed by atoms with van der Waals surface area (Å²) in [6.07, 6.45) is 8.57. The van der Waals surface area contributed by atoms with Gasteiger partial charge in [-0.05, 0) is 44.7 Å². The Bertz CT molecular complexity index is 334. The van der Waals surface area contributed by atoms with Crippen molar-refractivity contribution in [3.8, 4) is 0 Å². The third-order valence-corrected chi connectivity index (χ3v) is 4.30. The molecule has 0 radical (unpaired) electrons. The summed E-state index contributed by atoms with van der Waals surface area (Å²) in [5.74, 6) is 0.885. The van der Waals surface area contributed by atoms with E-state index in [2.05, 4.69) is 49.5 Å². The molecule has 100 valence electrons. The fourth-order valence-corrected chi connectivity index (χ4v) is 2.92. The van der Waals surface area contributed by atoms with Crippen LogP contribution in [0.15, 0.2) is 30.3 Å². The molecule has 0 atom stereocenters. The minimum atomic E-state index is 0.0908. The van der Waals surface area contributed by atoms with Gasteiger partial charge in [-0.1, -0.05) is 56.0 Å². The molecule has 0 bridgehead atoms. The first-order valence-electron chi connectivity index (χ1n) is 7.49. The van der Waals surface area contributed by atoms with Gasteiger partial charge in [-0.25, -0.2) is 0 Å². The van der Waals surface area contributed by atoms with Crippen molar-refractivity contribution < 1.29 is 0 Å². The van der Waals surface area contributed by atoms with Gasteiger partial charge >= 0.3 is 0 Å². The molecule has 18 heavy (non-hydrogen) atoms. The summed E-state index contributed by atoms with van der Waals surface area (Å²) in [6.45, 7) is 5.75. The van der Waals surface area contributed by atoms with Gasteiger partial charge in [0.25, 0.3) is 0 Å². The van der Waals surface area contributed by atoms with E-state index in [0.29, 0.717) is 0 Å². The van der Waals surface area contributed by atoms with Crippen LogP contribution in [0.2, 0.25) is 0 Å². The van der Waals surface area contributed by atoms with Crippen LogP contribution in [0.3, 0.4) is 0 Å². The van der Waals surface area contributed by atoms with Crippen LogP contribution in [-0.2, 0) is 5.54 Å². The van der Waals surface area contributed by atoms with E-state index in [1.165, 1.54) is 50.6 Å². The monoisotopic (exact) mass is 245 g/mol. The van der Waals surface area contributed by atoms with Gasteiger partial charge in [-0.3, -0.25) is 0 Å². The lowest BCUT2D eigenvalue weighted by molar-refractivity contribution is 0.335. The maximum Gasteiger partial charge on any atom is 0.0377 e. The highest BCUT2D eigenvalue weighted by Gasteiger charge is 2.21. The summed E-state index contributed by atoms with van der Waals surface area (Å²) in [5, 5.41) is 3.77. The van der Waals surface area contributed by atoms with Crippen LogP contribution in [0.5, 0.6) is 0 Å². The molecule has 1 nitrogen and oxygen atoms in total. The summed E-state index contributed by atoms with van der Waals surface area (Å²) < 4.78 is 0. The highest BCUT2D eigenvalue weighted by Crippen LogP contribution is 2.25. The molecule has 0 aromatic heterocycles. The minimum Gasteiger partial charge on any atom is -0.308 e. The van der Waals surface area contributed by atoms with Crippen LogP contribution in [0, 0.1) is 5.92 Å². The fourth-order valence-electron chi connectivity index (χ4n) is 2.92. The Hall–Kier alpha value is -0.820. The van der Waals surface area contributed by atoms with Gasteiger partial charge in [0.1, 0.15) is 0 Å². The van der Waals surface area contributed by atoms with Gasteiger partial charge in [-0.2, -0.15) is 0 Å². The third kappa shape index (κ3) is 3.84. The Morgan fingerprint density at radius 3 is 2.22 bits per heavy atom. The normalized spacial score (nSPS) is 18.6. The Morgan fingerprint density at radius 2 is 1.61 bits per heavy atom. The van der Waals surface area contributed by atoms with Crippen LogP contribution >= 0.6 is 0 Å². The molecule has 1 aliphatic carbocycles. The summed E-state index contributed by atoms with van der Waals surface area (Å²) in [5.41, 5.74) is 1.48. The molecule has 1 saturated carbocycles. The molecule has 0 heterocycles. The molecule has 0 unspecified atom stereocenters. The van der Waals surface area contributed by atoms with Crippen molar-refractivity contribution >= 4 is 0 Å². The molecular weight excluding hydrogens is 218 g/mol. The molecule has 1 heteroatoms. The standard InChI is InChI=1S/C17H27N/c1-17(2,16-12-8-5-9-13-16)18-14-15-10-6-3-4-7-11-15/h5,8-9,12-13,15,18H,3-4,6-7,10-11,14H2,1-2H3. The van der Waals surface area contributed by atoms with Gasteiger partial charge in [0, 0.05) is 5.54 Å². The van der Waals surface area contributed by atoms with Crippen LogP contribution in [-0.4, -0.2) is 6.54 Å². The number of hydrogen-bond donors (Lipinski definition) is 1. The zero-order valence-corrected chi connectivity index (χ0v) is 11.9. The summed E-state index contributed by atoms with van der Waals surface area (Å²) in [7, 11) is 0. The zero-order chi connectivity index (χ0) is 12.8. The van der Waals surface area contributed by atoms with Crippen LogP contribution < -0.4 is 5.32 Å². The van der Waals surface area contributed by atoms with E-state index in [-0.39, 0.29) is 5.54 Å². The van der Waals surface area contributed by atoms with Crippen molar-refractivity contribution in [3.05, 3.63) is 35.9 Å². The minimum absolute atomic E-state index is 0.0908. The Balaban J connectivity index is 1.88. The highest BCUT2D eigenvalue weighted by molar-refractivity contribution is 5.22. The van der Waals surface area contributed by atoms with Crippen molar-refractivity contribution in [2.45, 2.75) is 57.9 Å². The second-order valence-corrected chi connectivity index (χ2v) is 6.23. The molecule has 0 amide bonds. The van der Waals surface area contributed by atoms with Crippen molar-refractivity contribution in [2.24, 2.45) is 5.92 Å². The second-order valence-electron chi connectivity index (χ2n) is 6.23. The van der Waals surface area contributed by atoms with E-state index < -0.39 is 0 Å². The van der Waals surface area contributed by atoms with Gasteiger partial charge in [-0.15, -0.1) is 0 Å². The van der Waals surface area contributed by atoms with E-state index in [9.17, 15) is 0 Å². The van der Waals surface area contributed by atoms with Gasteiger partial charge in [0.2, 0.25) is 0 Å². The first kappa shape index (κ1) is 13.6. The molecule has 0 saturated heterocycles. The van der Waals surface area contributed by atoms with Crippen molar-refractivity contribution in [1.82, 2.24) is 5.32 Å². The lowest BCUT2D eigenvalue weighted by atomic mass is 9.92. The van der Waals surface area contributed by atoms with Gasteiger partial charge < -0.3 is 5.32 Å². The fraction of sp³-hybridized carbons (Fsp3) is 0.647. The van der Waals surface area contributed by atoms with E-state index >= 15 is 0 Å². The largest absolute Gasteiger partial charge is 0.308 e. The maximum absolute atomic E-state index is 3.77. The molecule has 1 aliphatic rings. The first-order chi connectivity index (χ1) is 8.68. The SMILES string of the molecule is CC(C)(NCC1CCCCCC1)c1ccccc1. The van der Waals surface area contributed by atoms with Crippen LogP contribution in [0.4, 0.5) is 0 Å². The average Bonchev–Trinajstić information content (AvgIpc) is 2.66. The summed E-state index contributed by atoms with van der Waals surface area (Å²) in [4.78, 5) is 0. The number of hydrogen-bond acceptors (Lipinski definition) is 1. The number of benzene rings is 1. The maximum atomic E-state index is 3.77. The zero-order valence-electron chi connectivity index (χ0n) is 11.9. The van der Waals surface area contributed by atoms with Crippen molar-refractivity contribution in [1.29, 1.82) is 0 Å². The topological polar surface area (TPSA) is 12.0 Å². The van der Waals surface area contributed by atoms with Crippen molar-refractivity contribution in [2.75, 3.05) is 6.54 Å². The van der Waals surface area contributed by atoms with E-state index in [0.717, 1.165) is 5.92 Å². The summed E-state index contributed by atoms with van der Waals surface area (Å²) >= 11 is 0. The van der Waals surface area contributed by atoms with E-state index in [4.69, 9.17) is 0 Å². The predicted octanol–water partition coefficient (Wildman–Crippen LogP) is 4.48. The molecule has 1 fully saturated rings.